The Labute approximate surface area is 151 Å². The molecule has 0 fully saturated rings. The summed E-state index contributed by atoms with van der Waals surface area (Å²) in [6.45, 7) is -0.198. The highest BCUT2D eigenvalue weighted by Crippen LogP contribution is 2.30. The topological polar surface area (TPSA) is 112 Å². The Hall–Kier alpha value is -1.97. The predicted octanol–water partition coefficient (Wildman–Crippen LogP) is 1.35. The number of aromatic nitrogens is 3. The lowest BCUT2D eigenvalue weighted by Gasteiger charge is -2.06. The number of benzene rings is 1. The fraction of sp³-hybridized carbons (Fsp3) is 0.231. The molecule has 0 aliphatic rings. The summed E-state index contributed by atoms with van der Waals surface area (Å²) < 4.78 is 5.66. The molecule has 2 rings (SSSR count). The Balaban J connectivity index is 2.02. The van der Waals surface area contributed by atoms with Crippen molar-refractivity contribution in [2.24, 2.45) is 0 Å². The zero-order valence-electron chi connectivity index (χ0n) is 12.5. The Morgan fingerprint density at radius 1 is 1.38 bits per heavy atom. The number of halogens is 2. The third-order valence-electron chi connectivity index (χ3n) is 2.83. The number of carbonyl (C=O) groups is 2. The lowest BCUT2D eigenvalue weighted by atomic mass is 10.2. The molecule has 8 nitrogen and oxygen atoms in total. The second-order valence-corrected chi connectivity index (χ2v) is 6.23. The monoisotopic (exact) mass is 389 g/mol. The minimum Gasteiger partial charge on any atom is -0.468 e. The van der Waals surface area contributed by atoms with Gasteiger partial charge >= 0.3 is 5.97 Å². The van der Waals surface area contributed by atoms with E-state index in [-0.39, 0.29) is 18.2 Å². The van der Waals surface area contributed by atoms with E-state index in [4.69, 9.17) is 29.0 Å². The molecule has 3 N–H and O–H groups in total. The highest BCUT2D eigenvalue weighted by molar-refractivity contribution is 7.99. The second-order valence-electron chi connectivity index (χ2n) is 4.44. The molecule has 1 heterocycles. The van der Waals surface area contributed by atoms with Crippen LogP contribution in [0.2, 0.25) is 10.0 Å². The fourth-order valence-corrected chi connectivity index (χ4v) is 2.83. The van der Waals surface area contributed by atoms with Crippen molar-refractivity contribution >= 4 is 46.8 Å². The standard InChI is InChI=1S/C13H13Cl2N5O3S/c1-23-11(22)5-17-10(21)6-24-13-19-18-12(20(13)16)8-3-2-7(14)4-9(8)15/h2-4H,5-6,16H2,1H3,(H,17,21). The van der Waals surface area contributed by atoms with E-state index in [9.17, 15) is 9.59 Å². The van der Waals surface area contributed by atoms with Gasteiger partial charge < -0.3 is 15.9 Å². The summed E-state index contributed by atoms with van der Waals surface area (Å²) in [4.78, 5) is 22.6. The molecule has 0 saturated heterocycles. The van der Waals surface area contributed by atoms with Crippen LogP contribution in [0.15, 0.2) is 23.4 Å². The largest absolute Gasteiger partial charge is 0.468 e. The van der Waals surface area contributed by atoms with Gasteiger partial charge in [0.25, 0.3) is 0 Å². The molecule has 2 aromatic rings. The van der Waals surface area contributed by atoms with E-state index in [1.165, 1.54) is 11.8 Å². The van der Waals surface area contributed by atoms with Crippen molar-refractivity contribution < 1.29 is 14.3 Å². The number of rotatable bonds is 6. The summed E-state index contributed by atoms with van der Waals surface area (Å²) in [5.41, 5.74) is 0.568. The van der Waals surface area contributed by atoms with Crippen molar-refractivity contribution in [3.05, 3.63) is 28.2 Å². The number of amides is 1. The molecule has 24 heavy (non-hydrogen) atoms. The van der Waals surface area contributed by atoms with Gasteiger partial charge in [0.1, 0.15) is 6.54 Å². The van der Waals surface area contributed by atoms with Gasteiger partial charge in [-0.15, -0.1) is 10.2 Å². The molecule has 0 unspecified atom stereocenters. The summed E-state index contributed by atoms with van der Waals surface area (Å²) in [7, 11) is 1.24. The fourth-order valence-electron chi connectivity index (χ4n) is 1.65. The van der Waals surface area contributed by atoms with Gasteiger partial charge in [0.05, 0.1) is 17.9 Å². The third-order valence-corrected chi connectivity index (χ3v) is 4.32. The van der Waals surface area contributed by atoms with E-state index in [0.29, 0.717) is 26.6 Å². The number of thioether (sulfide) groups is 1. The Kier molecular flexibility index (Phi) is 6.29. The van der Waals surface area contributed by atoms with Crippen molar-refractivity contribution in [1.82, 2.24) is 20.2 Å². The van der Waals surface area contributed by atoms with Crippen molar-refractivity contribution in [3.63, 3.8) is 0 Å². The number of hydrogen-bond donors (Lipinski definition) is 2. The van der Waals surface area contributed by atoms with Crippen LogP contribution < -0.4 is 11.2 Å². The minimum atomic E-state index is -0.532. The van der Waals surface area contributed by atoms with Crippen molar-refractivity contribution in [1.29, 1.82) is 0 Å². The molecule has 0 aliphatic heterocycles. The maximum Gasteiger partial charge on any atom is 0.325 e. The molecule has 1 aromatic heterocycles. The van der Waals surface area contributed by atoms with E-state index >= 15 is 0 Å². The molecule has 0 atom stereocenters. The summed E-state index contributed by atoms with van der Waals surface area (Å²) >= 11 is 13.0. The number of esters is 1. The number of nitrogen functional groups attached to an aromatic ring is 1. The number of methoxy groups -OCH3 is 1. The third kappa shape index (κ3) is 4.53. The average molecular weight is 390 g/mol. The Bertz CT molecular complexity index is 768. The van der Waals surface area contributed by atoms with Crippen LogP contribution >= 0.6 is 35.0 Å². The highest BCUT2D eigenvalue weighted by Gasteiger charge is 2.16. The molecule has 1 aromatic carbocycles. The van der Waals surface area contributed by atoms with Crippen LogP contribution in [0.3, 0.4) is 0 Å². The van der Waals surface area contributed by atoms with Gasteiger partial charge in [-0.2, -0.15) is 0 Å². The van der Waals surface area contributed by atoms with Gasteiger partial charge in [-0.25, -0.2) is 4.68 Å². The molecule has 0 aliphatic carbocycles. The van der Waals surface area contributed by atoms with Gasteiger partial charge in [0.2, 0.25) is 11.1 Å². The first-order valence-electron chi connectivity index (χ1n) is 6.54. The molecule has 0 saturated carbocycles. The van der Waals surface area contributed by atoms with Crippen molar-refractivity contribution in [3.8, 4) is 11.4 Å². The van der Waals surface area contributed by atoms with Gasteiger partial charge in [0, 0.05) is 10.6 Å². The van der Waals surface area contributed by atoms with Crippen LogP contribution in [-0.4, -0.2) is 46.2 Å². The van der Waals surface area contributed by atoms with E-state index in [0.717, 1.165) is 11.8 Å². The minimum absolute atomic E-state index is 0.0146. The Morgan fingerprint density at radius 3 is 2.79 bits per heavy atom. The molecule has 0 radical (unpaired) electrons. The summed E-state index contributed by atoms with van der Waals surface area (Å²) in [5, 5.41) is 11.5. The summed E-state index contributed by atoms with van der Waals surface area (Å²) in [6.07, 6.45) is 0. The number of nitrogens with one attached hydrogen (secondary N) is 1. The second kappa shape index (κ2) is 8.22. The lowest BCUT2D eigenvalue weighted by molar-refractivity contribution is -0.140. The molecular formula is C13H13Cl2N5O3S. The zero-order valence-corrected chi connectivity index (χ0v) is 14.8. The van der Waals surface area contributed by atoms with Crippen molar-refractivity contribution in [2.45, 2.75) is 5.16 Å². The van der Waals surface area contributed by atoms with E-state index in [1.54, 1.807) is 18.2 Å². The maximum atomic E-state index is 11.6. The van der Waals surface area contributed by atoms with Crippen LogP contribution in [0.5, 0.6) is 0 Å². The van der Waals surface area contributed by atoms with Crippen LogP contribution in [0.4, 0.5) is 0 Å². The lowest BCUT2D eigenvalue weighted by Crippen LogP contribution is -2.31. The van der Waals surface area contributed by atoms with Crippen LogP contribution in [-0.2, 0) is 14.3 Å². The molecule has 11 heteroatoms. The first-order chi connectivity index (χ1) is 11.4. The Morgan fingerprint density at radius 2 is 2.12 bits per heavy atom. The number of ether oxygens (including phenoxy) is 1. The number of hydrogen-bond acceptors (Lipinski definition) is 7. The number of nitrogens with two attached hydrogens (primary N) is 1. The maximum absolute atomic E-state index is 11.6. The average Bonchev–Trinajstić information content (AvgIpc) is 2.91. The number of carbonyl (C=O) groups excluding carboxylic acids is 2. The normalized spacial score (nSPS) is 10.5. The summed E-state index contributed by atoms with van der Waals surface area (Å²) in [6, 6.07) is 4.90. The first-order valence-corrected chi connectivity index (χ1v) is 8.28. The van der Waals surface area contributed by atoms with E-state index in [1.807, 2.05) is 0 Å². The molecule has 1 amide bonds. The highest BCUT2D eigenvalue weighted by atomic mass is 35.5. The van der Waals surface area contributed by atoms with Gasteiger partial charge in [-0.3, -0.25) is 9.59 Å². The SMILES string of the molecule is COC(=O)CNC(=O)CSc1nnc(-c2ccc(Cl)cc2Cl)n1N. The molecule has 0 bridgehead atoms. The molecular weight excluding hydrogens is 377 g/mol. The van der Waals surface area contributed by atoms with Gasteiger partial charge in [-0.1, -0.05) is 35.0 Å². The quantitative estimate of drug-likeness (QED) is 0.435. The van der Waals surface area contributed by atoms with Gasteiger partial charge in [-0.05, 0) is 18.2 Å². The van der Waals surface area contributed by atoms with Gasteiger partial charge in [0.15, 0.2) is 5.82 Å². The predicted molar refractivity (Wildman–Crippen MR) is 91.4 cm³/mol. The summed E-state index contributed by atoms with van der Waals surface area (Å²) in [5.74, 6) is 5.41. The molecule has 128 valence electrons. The van der Waals surface area contributed by atoms with Crippen LogP contribution in [0.1, 0.15) is 0 Å². The smallest absolute Gasteiger partial charge is 0.325 e. The van der Waals surface area contributed by atoms with Crippen LogP contribution in [0.25, 0.3) is 11.4 Å². The number of nitrogens with zero attached hydrogens (tertiary/aromatic N) is 3. The molecule has 0 spiro atoms. The van der Waals surface area contributed by atoms with E-state index < -0.39 is 5.97 Å². The zero-order chi connectivity index (χ0) is 17.7. The van der Waals surface area contributed by atoms with Crippen molar-refractivity contribution in [2.75, 3.05) is 25.3 Å². The van der Waals surface area contributed by atoms with E-state index in [2.05, 4.69) is 20.3 Å². The first kappa shape index (κ1) is 18.4. The van der Waals surface area contributed by atoms with Crippen LogP contribution in [0, 0.1) is 0 Å².